The Bertz CT molecular complexity index is 790. The fourth-order valence-electron chi connectivity index (χ4n) is 3.45. The van der Waals surface area contributed by atoms with E-state index in [-0.39, 0.29) is 12.1 Å². The van der Waals surface area contributed by atoms with Gasteiger partial charge in [0.15, 0.2) is 0 Å². The van der Waals surface area contributed by atoms with Gasteiger partial charge < -0.3 is 19.9 Å². The van der Waals surface area contributed by atoms with E-state index >= 15 is 0 Å². The Labute approximate surface area is 166 Å². The summed E-state index contributed by atoms with van der Waals surface area (Å²) in [5.74, 6) is 1.49. The molecule has 7 heteroatoms. The summed E-state index contributed by atoms with van der Waals surface area (Å²) in [5.41, 5.74) is 2.34. The van der Waals surface area contributed by atoms with E-state index in [1.165, 1.54) is 5.56 Å². The highest BCUT2D eigenvalue weighted by Crippen LogP contribution is 2.25. The molecule has 0 aliphatic carbocycles. The summed E-state index contributed by atoms with van der Waals surface area (Å²) in [5, 5.41) is 3.43. The van der Waals surface area contributed by atoms with Gasteiger partial charge in [-0.3, -0.25) is 0 Å². The largest absolute Gasteiger partial charge is 0.450 e. The van der Waals surface area contributed by atoms with E-state index in [0.717, 1.165) is 30.9 Å². The normalized spacial score (nSPS) is 14.6. The third-order valence-electron chi connectivity index (χ3n) is 4.90. The second-order valence-electron chi connectivity index (χ2n) is 6.93. The first-order chi connectivity index (χ1) is 13.6. The number of piperidine rings is 1. The molecule has 28 heavy (non-hydrogen) atoms. The molecule has 1 aromatic heterocycles. The third-order valence-corrected chi connectivity index (χ3v) is 4.90. The molecule has 7 nitrogen and oxygen atoms in total. The zero-order chi connectivity index (χ0) is 19.9. The van der Waals surface area contributed by atoms with Gasteiger partial charge in [0, 0.05) is 37.6 Å². The van der Waals surface area contributed by atoms with Crippen molar-refractivity contribution in [2.75, 3.05) is 36.5 Å². The molecule has 0 saturated carbocycles. The van der Waals surface area contributed by atoms with Gasteiger partial charge in [-0.15, -0.1) is 0 Å². The van der Waals surface area contributed by atoms with Crippen molar-refractivity contribution in [2.24, 2.45) is 0 Å². The molecule has 1 aliphatic heterocycles. The van der Waals surface area contributed by atoms with Crippen molar-refractivity contribution < 1.29 is 9.53 Å². The van der Waals surface area contributed by atoms with E-state index in [2.05, 4.69) is 53.3 Å². The van der Waals surface area contributed by atoms with Crippen LogP contribution in [-0.4, -0.2) is 53.2 Å². The Morgan fingerprint density at radius 1 is 1.29 bits per heavy atom. The standard InChI is InChI=1S/C21H29N5O2/c1-4-26(18-8-6-7-16(3)15-18)19-9-12-22-20(24-19)23-17-10-13-25(14-11-17)21(27)28-5-2/h6-9,12,15,17H,4-5,10-11,13-14H2,1-3H3,(H,22,23,24). The highest BCUT2D eigenvalue weighted by Gasteiger charge is 2.24. The van der Waals surface area contributed by atoms with Crippen LogP contribution in [0, 0.1) is 6.92 Å². The van der Waals surface area contributed by atoms with Crippen molar-refractivity contribution in [1.82, 2.24) is 14.9 Å². The van der Waals surface area contributed by atoms with Gasteiger partial charge in [0.1, 0.15) is 5.82 Å². The van der Waals surface area contributed by atoms with Gasteiger partial charge in [-0.1, -0.05) is 12.1 Å². The highest BCUT2D eigenvalue weighted by molar-refractivity contribution is 5.67. The zero-order valence-corrected chi connectivity index (χ0v) is 16.9. The van der Waals surface area contributed by atoms with Gasteiger partial charge >= 0.3 is 6.09 Å². The Hall–Kier alpha value is -2.83. The molecule has 1 fully saturated rings. The Balaban J connectivity index is 1.64. The molecule has 0 spiro atoms. The molecule has 150 valence electrons. The van der Waals surface area contributed by atoms with Crippen molar-refractivity contribution in [3.63, 3.8) is 0 Å². The fourth-order valence-corrected chi connectivity index (χ4v) is 3.45. The number of carbonyl (C=O) groups is 1. The van der Waals surface area contributed by atoms with Crippen molar-refractivity contribution in [2.45, 2.75) is 39.7 Å². The molecule has 0 bridgehead atoms. The molecule has 0 radical (unpaired) electrons. The lowest BCUT2D eigenvalue weighted by atomic mass is 10.1. The van der Waals surface area contributed by atoms with Crippen molar-refractivity contribution >= 4 is 23.5 Å². The maximum Gasteiger partial charge on any atom is 0.409 e. The molecule has 1 aromatic carbocycles. The lowest BCUT2D eigenvalue weighted by Crippen LogP contribution is -2.42. The number of aryl methyl sites for hydroxylation is 1. The van der Waals surface area contributed by atoms with E-state index < -0.39 is 0 Å². The van der Waals surface area contributed by atoms with Crippen LogP contribution in [0.3, 0.4) is 0 Å². The third kappa shape index (κ3) is 4.91. The van der Waals surface area contributed by atoms with E-state index in [9.17, 15) is 4.79 Å². The number of likely N-dealkylation sites (tertiary alicyclic amines) is 1. The number of benzene rings is 1. The zero-order valence-electron chi connectivity index (χ0n) is 16.9. The molecule has 2 aromatic rings. The molecule has 2 heterocycles. The van der Waals surface area contributed by atoms with Gasteiger partial charge in [0.25, 0.3) is 0 Å². The second-order valence-corrected chi connectivity index (χ2v) is 6.93. The number of amides is 1. The lowest BCUT2D eigenvalue weighted by Gasteiger charge is -2.31. The molecular formula is C21H29N5O2. The lowest BCUT2D eigenvalue weighted by molar-refractivity contribution is 0.0983. The fraction of sp³-hybridized carbons (Fsp3) is 0.476. The van der Waals surface area contributed by atoms with Crippen LogP contribution in [0.5, 0.6) is 0 Å². The Kier molecular flexibility index (Phi) is 6.68. The minimum atomic E-state index is -0.226. The van der Waals surface area contributed by atoms with E-state index in [0.29, 0.717) is 25.6 Å². The minimum Gasteiger partial charge on any atom is -0.450 e. The average Bonchev–Trinajstić information content (AvgIpc) is 2.70. The smallest absolute Gasteiger partial charge is 0.409 e. The minimum absolute atomic E-state index is 0.226. The summed E-state index contributed by atoms with van der Waals surface area (Å²) < 4.78 is 5.08. The maximum atomic E-state index is 11.8. The van der Waals surface area contributed by atoms with E-state index in [1.807, 2.05) is 13.0 Å². The Morgan fingerprint density at radius 3 is 2.75 bits per heavy atom. The summed E-state index contributed by atoms with van der Waals surface area (Å²) in [6, 6.07) is 10.6. The summed E-state index contributed by atoms with van der Waals surface area (Å²) in [4.78, 5) is 24.9. The Morgan fingerprint density at radius 2 is 2.07 bits per heavy atom. The van der Waals surface area contributed by atoms with E-state index in [4.69, 9.17) is 9.72 Å². The molecule has 3 rings (SSSR count). The first-order valence-electron chi connectivity index (χ1n) is 9.96. The number of ether oxygens (including phenoxy) is 1. The van der Waals surface area contributed by atoms with Crippen molar-refractivity contribution in [3.05, 3.63) is 42.1 Å². The molecule has 1 aliphatic rings. The van der Waals surface area contributed by atoms with Gasteiger partial charge in [0.05, 0.1) is 6.61 Å². The number of hydrogen-bond donors (Lipinski definition) is 1. The summed E-state index contributed by atoms with van der Waals surface area (Å²) in [7, 11) is 0. The first-order valence-corrected chi connectivity index (χ1v) is 9.96. The average molecular weight is 383 g/mol. The monoisotopic (exact) mass is 383 g/mol. The molecule has 0 atom stereocenters. The topological polar surface area (TPSA) is 70.6 Å². The maximum absolute atomic E-state index is 11.8. The number of anilines is 3. The van der Waals surface area contributed by atoms with Crippen LogP contribution in [0.25, 0.3) is 0 Å². The molecular weight excluding hydrogens is 354 g/mol. The van der Waals surface area contributed by atoms with Crippen LogP contribution in [-0.2, 0) is 4.74 Å². The number of rotatable bonds is 6. The number of aromatic nitrogens is 2. The van der Waals surface area contributed by atoms with Gasteiger partial charge in [-0.2, -0.15) is 4.98 Å². The highest BCUT2D eigenvalue weighted by atomic mass is 16.6. The summed E-state index contributed by atoms with van der Waals surface area (Å²) >= 11 is 0. The number of carbonyl (C=O) groups excluding carboxylic acids is 1. The van der Waals surface area contributed by atoms with Gasteiger partial charge in [-0.05, 0) is 57.4 Å². The summed E-state index contributed by atoms with van der Waals surface area (Å²) in [6.45, 7) is 8.62. The van der Waals surface area contributed by atoms with Gasteiger partial charge in [-0.25, -0.2) is 9.78 Å². The van der Waals surface area contributed by atoms with Gasteiger partial charge in [0.2, 0.25) is 5.95 Å². The SMILES string of the molecule is CCOC(=O)N1CCC(Nc2nccc(N(CC)c3cccc(C)c3)n2)CC1. The summed E-state index contributed by atoms with van der Waals surface area (Å²) in [6.07, 6.45) is 3.26. The molecule has 1 amide bonds. The van der Waals surface area contributed by atoms with Crippen LogP contribution in [0.4, 0.5) is 22.2 Å². The van der Waals surface area contributed by atoms with Crippen molar-refractivity contribution in [3.8, 4) is 0 Å². The predicted molar refractivity (Wildman–Crippen MR) is 111 cm³/mol. The van der Waals surface area contributed by atoms with Crippen LogP contribution >= 0.6 is 0 Å². The van der Waals surface area contributed by atoms with Crippen LogP contribution in [0.2, 0.25) is 0 Å². The number of nitrogens with one attached hydrogen (secondary N) is 1. The van der Waals surface area contributed by atoms with Crippen LogP contribution in [0.1, 0.15) is 32.3 Å². The van der Waals surface area contributed by atoms with Crippen LogP contribution in [0.15, 0.2) is 36.5 Å². The number of nitrogens with zero attached hydrogens (tertiary/aromatic N) is 4. The predicted octanol–water partition coefficient (Wildman–Crippen LogP) is 3.98. The second kappa shape index (κ2) is 9.39. The van der Waals surface area contributed by atoms with Crippen molar-refractivity contribution in [1.29, 1.82) is 0 Å². The van der Waals surface area contributed by atoms with E-state index in [1.54, 1.807) is 11.1 Å². The molecule has 1 N–H and O–H groups in total. The first kappa shape index (κ1) is 19.9. The van der Waals surface area contributed by atoms with Crippen LogP contribution < -0.4 is 10.2 Å². The number of hydrogen-bond acceptors (Lipinski definition) is 6. The molecule has 0 unspecified atom stereocenters. The quantitative estimate of drug-likeness (QED) is 0.814. The molecule has 1 saturated heterocycles.